The van der Waals surface area contributed by atoms with Crippen molar-refractivity contribution in [2.45, 2.75) is 32.4 Å². The first-order chi connectivity index (χ1) is 12.0. The van der Waals surface area contributed by atoms with Crippen molar-refractivity contribution in [3.63, 3.8) is 0 Å². The van der Waals surface area contributed by atoms with Crippen molar-refractivity contribution >= 4 is 17.5 Å². The highest BCUT2D eigenvalue weighted by Gasteiger charge is 2.37. The van der Waals surface area contributed by atoms with Gasteiger partial charge in [0.2, 0.25) is 11.8 Å². The van der Waals surface area contributed by atoms with Crippen LogP contribution in [0.15, 0.2) is 36.7 Å². The molecule has 1 aromatic carbocycles. The van der Waals surface area contributed by atoms with Gasteiger partial charge in [-0.2, -0.15) is 5.10 Å². The summed E-state index contributed by atoms with van der Waals surface area (Å²) in [5.41, 5.74) is 1.30. The molecule has 132 valence electrons. The largest absolute Gasteiger partial charge is 0.334 e. The molecule has 2 heterocycles. The van der Waals surface area contributed by atoms with Gasteiger partial charge >= 0.3 is 0 Å². The first-order valence-electron chi connectivity index (χ1n) is 8.28. The number of para-hydroxylation sites is 1. The molecule has 1 saturated heterocycles. The molecule has 7 heteroatoms. The number of halogens is 1. The number of carbonyl (C=O) groups excluding carboxylic acids is 2. The minimum absolute atomic E-state index is 0.123. The third-order valence-electron chi connectivity index (χ3n) is 4.50. The van der Waals surface area contributed by atoms with E-state index in [2.05, 4.69) is 5.10 Å². The van der Waals surface area contributed by atoms with Gasteiger partial charge in [-0.3, -0.25) is 14.3 Å². The van der Waals surface area contributed by atoms with Gasteiger partial charge in [-0.15, -0.1) is 0 Å². The molecule has 1 aromatic heterocycles. The van der Waals surface area contributed by atoms with Gasteiger partial charge in [0.15, 0.2) is 0 Å². The van der Waals surface area contributed by atoms with Crippen LogP contribution in [0.1, 0.15) is 18.4 Å². The summed E-state index contributed by atoms with van der Waals surface area (Å²) in [4.78, 5) is 27.9. The Balaban J connectivity index is 1.62. The number of nitrogens with zero attached hydrogens (tertiary/aromatic N) is 4. The number of hydrogen-bond acceptors (Lipinski definition) is 3. The number of amides is 2. The van der Waals surface area contributed by atoms with Gasteiger partial charge in [-0.05, 0) is 31.0 Å². The van der Waals surface area contributed by atoms with E-state index in [1.54, 1.807) is 36.1 Å². The number of anilines is 1. The van der Waals surface area contributed by atoms with Crippen molar-refractivity contribution in [2.75, 3.05) is 18.5 Å². The molecule has 3 rings (SSSR count). The summed E-state index contributed by atoms with van der Waals surface area (Å²) >= 11 is 0. The van der Waals surface area contributed by atoms with Crippen molar-refractivity contribution in [3.8, 4) is 0 Å². The van der Waals surface area contributed by atoms with Crippen molar-refractivity contribution in [3.05, 3.63) is 48.0 Å². The molecule has 0 saturated carbocycles. The van der Waals surface area contributed by atoms with E-state index in [9.17, 15) is 14.0 Å². The van der Waals surface area contributed by atoms with Crippen LogP contribution in [0.5, 0.6) is 0 Å². The number of carbonyl (C=O) groups is 2. The zero-order chi connectivity index (χ0) is 18.0. The lowest BCUT2D eigenvalue weighted by molar-refractivity contribution is -0.136. The smallest absolute Gasteiger partial charge is 0.249 e. The van der Waals surface area contributed by atoms with Crippen LogP contribution in [0.3, 0.4) is 0 Å². The summed E-state index contributed by atoms with van der Waals surface area (Å²) in [5.74, 6) is -0.794. The lowest BCUT2D eigenvalue weighted by atomic mass is 10.2. The highest BCUT2D eigenvalue weighted by Crippen LogP contribution is 2.26. The number of aryl methyl sites for hydroxylation is 2. The van der Waals surface area contributed by atoms with E-state index >= 15 is 0 Å². The van der Waals surface area contributed by atoms with Crippen LogP contribution in [0, 0.1) is 12.7 Å². The molecule has 1 aliphatic heterocycles. The van der Waals surface area contributed by atoms with E-state index in [-0.39, 0.29) is 23.9 Å². The van der Waals surface area contributed by atoms with Crippen LogP contribution in [-0.2, 0) is 16.1 Å². The molecule has 0 aliphatic carbocycles. The van der Waals surface area contributed by atoms with Crippen LogP contribution in [0.2, 0.25) is 0 Å². The maximum absolute atomic E-state index is 13.9. The molecule has 2 amide bonds. The highest BCUT2D eigenvalue weighted by molar-refractivity contribution is 6.01. The molecule has 1 atom stereocenters. The van der Waals surface area contributed by atoms with Gasteiger partial charge in [0.25, 0.3) is 0 Å². The van der Waals surface area contributed by atoms with Gasteiger partial charge in [0.05, 0.1) is 11.9 Å². The Morgan fingerprint density at radius 3 is 2.84 bits per heavy atom. The number of aromatic nitrogens is 2. The Hall–Kier alpha value is -2.70. The van der Waals surface area contributed by atoms with E-state index in [0.29, 0.717) is 19.5 Å². The Bertz CT molecular complexity index is 789. The van der Waals surface area contributed by atoms with Crippen molar-refractivity contribution in [2.24, 2.45) is 0 Å². The minimum atomic E-state index is -0.550. The molecule has 0 N–H and O–H groups in total. The molecule has 6 nitrogen and oxygen atoms in total. The van der Waals surface area contributed by atoms with Crippen LogP contribution in [0.4, 0.5) is 10.1 Å². The van der Waals surface area contributed by atoms with Crippen LogP contribution < -0.4 is 4.90 Å². The van der Waals surface area contributed by atoms with E-state index in [1.165, 1.54) is 15.9 Å². The molecule has 0 bridgehead atoms. The summed E-state index contributed by atoms with van der Waals surface area (Å²) in [6.07, 6.45) is 4.37. The van der Waals surface area contributed by atoms with Crippen molar-refractivity contribution < 1.29 is 14.0 Å². The maximum Gasteiger partial charge on any atom is 0.249 e. The summed E-state index contributed by atoms with van der Waals surface area (Å²) in [6.45, 7) is 2.81. The fourth-order valence-electron chi connectivity index (χ4n) is 3.08. The Kier molecular flexibility index (Phi) is 4.83. The summed E-state index contributed by atoms with van der Waals surface area (Å²) < 4.78 is 15.6. The minimum Gasteiger partial charge on any atom is -0.334 e. The standard InChI is InChI=1S/C18H21FN4O2/c1-13-11-20-22(12-13)9-8-17(24)21(2)16-7-10-23(18(16)25)15-6-4-3-5-14(15)19/h3-6,11-12,16H,7-10H2,1-2H3. The molecule has 1 fully saturated rings. The third-order valence-corrected chi connectivity index (χ3v) is 4.50. The quantitative estimate of drug-likeness (QED) is 0.833. The predicted octanol–water partition coefficient (Wildman–Crippen LogP) is 1.98. The first-order valence-corrected chi connectivity index (χ1v) is 8.28. The highest BCUT2D eigenvalue weighted by atomic mass is 19.1. The fourth-order valence-corrected chi connectivity index (χ4v) is 3.08. The molecule has 2 aromatic rings. The normalized spacial score (nSPS) is 17.2. The average molecular weight is 344 g/mol. The number of hydrogen-bond donors (Lipinski definition) is 0. The molecule has 0 radical (unpaired) electrons. The van der Waals surface area contributed by atoms with Gasteiger partial charge in [-0.1, -0.05) is 12.1 Å². The SMILES string of the molecule is Cc1cnn(CCC(=O)N(C)C2CCN(c3ccccc3F)C2=O)c1. The number of benzene rings is 1. The summed E-state index contributed by atoms with van der Waals surface area (Å²) in [5, 5.41) is 4.15. The molecule has 1 aliphatic rings. The van der Waals surface area contributed by atoms with Crippen molar-refractivity contribution in [1.82, 2.24) is 14.7 Å². The molecular weight excluding hydrogens is 323 g/mol. The number of rotatable bonds is 5. The second kappa shape index (κ2) is 7.04. The Morgan fingerprint density at radius 2 is 2.16 bits per heavy atom. The average Bonchev–Trinajstić information content (AvgIpc) is 3.18. The predicted molar refractivity (Wildman–Crippen MR) is 91.5 cm³/mol. The molecule has 1 unspecified atom stereocenters. The zero-order valence-corrected chi connectivity index (χ0v) is 14.4. The second-order valence-electron chi connectivity index (χ2n) is 6.28. The van der Waals surface area contributed by atoms with E-state index in [1.807, 2.05) is 13.1 Å². The van der Waals surface area contributed by atoms with E-state index in [4.69, 9.17) is 0 Å². The Morgan fingerprint density at radius 1 is 1.40 bits per heavy atom. The Labute approximate surface area is 145 Å². The summed E-state index contributed by atoms with van der Waals surface area (Å²) in [7, 11) is 1.63. The van der Waals surface area contributed by atoms with Gasteiger partial charge in [-0.25, -0.2) is 4.39 Å². The van der Waals surface area contributed by atoms with E-state index < -0.39 is 11.9 Å². The first kappa shape index (κ1) is 17.1. The lowest BCUT2D eigenvalue weighted by Gasteiger charge is -2.24. The molecule has 0 spiro atoms. The van der Waals surface area contributed by atoms with Crippen LogP contribution in [0.25, 0.3) is 0 Å². The molecular formula is C18H21FN4O2. The third kappa shape index (κ3) is 3.55. The fraction of sp³-hybridized carbons (Fsp3) is 0.389. The van der Waals surface area contributed by atoms with Crippen LogP contribution in [-0.4, -0.2) is 46.1 Å². The van der Waals surface area contributed by atoms with E-state index in [0.717, 1.165) is 5.56 Å². The van der Waals surface area contributed by atoms with Gasteiger partial charge in [0.1, 0.15) is 11.9 Å². The lowest BCUT2D eigenvalue weighted by Crippen LogP contribution is -2.43. The van der Waals surface area contributed by atoms with Crippen molar-refractivity contribution in [1.29, 1.82) is 0 Å². The molecule has 25 heavy (non-hydrogen) atoms. The topological polar surface area (TPSA) is 58.4 Å². The van der Waals surface area contributed by atoms with Gasteiger partial charge < -0.3 is 9.80 Å². The second-order valence-corrected chi connectivity index (χ2v) is 6.28. The monoisotopic (exact) mass is 344 g/mol. The van der Waals surface area contributed by atoms with Crippen LogP contribution >= 0.6 is 0 Å². The maximum atomic E-state index is 13.9. The zero-order valence-electron chi connectivity index (χ0n) is 14.4. The summed E-state index contributed by atoms with van der Waals surface area (Å²) in [6, 6.07) is 5.64. The number of likely N-dealkylation sites (N-methyl/N-ethyl adjacent to an activating group) is 1. The van der Waals surface area contributed by atoms with Gasteiger partial charge in [0, 0.05) is 32.8 Å².